The number of aryl methyl sites for hydroxylation is 1. The van der Waals surface area contributed by atoms with Gasteiger partial charge in [-0.15, -0.1) is 0 Å². The second-order valence-electron chi connectivity index (χ2n) is 5.95. The molecule has 0 heterocycles. The first-order chi connectivity index (χ1) is 9.08. The van der Waals surface area contributed by atoms with E-state index in [2.05, 4.69) is 12.1 Å². The predicted octanol–water partition coefficient (Wildman–Crippen LogP) is 3.44. The minimum Gasteiger partial charge on any atom is -0.299 e. The third-order valence-electron chi connectivity index (χ3n) is 4.02. The van der Waals surface area contributed by atoms with Gasteiger partial charge in [0, 0.05) is 12.8 Å². The van der Waals surface area contributed by atoms with E-state index in [1.165, 1.54) is 5.56 Å². The van der Waals surface area contributed by atoms with Crippen molar-refractivity contribution < 1.29 is 9.59 Å². The third kappa shape index (κ3) is 3.52. The zero-order valence-corrected chi connectivity index (χ0v) is 11.8. The van der Waals surface area contributed by atoms with E-state index in [0.717, 1.165) is 12.8 Å². The molecule has 0 radical (unpaired) electrons. The Labute approximate surface area is 115 Å². The van der Waals surface area contributed by atoms with Crippen LogP contribution in [0.2, 0.25) is 0 Å². The molecule has 2 rings (SSSR count). The maximum absolute atomic E-state index is 12.0. The van der Waals surface area contributed by atoms with Gasteiger partial charge in [-0.05, 0) is 30.2 Å². The Balaban J connectivity index is 1.91. The maximum atomic E-state index is 12.0. The fourth-order valence-corrected chi connectivity index (χ4v) is 3.04. The van der Waals surface area contributed by atoms with Crippen LogP contribution in [-0.2, 0) is 16.0 Å². The Kier molecular flexibility index (Phi) is 4.52. The van der Waals surface area contributed by atoms with Crippen LogP contribution in [0.5, 0.6) is 0 Å². The van der Waals surface area contributed by atoms with Crippen LogP contribution >= 0.6 is 0 Å². The zero-order valence-electron chi connectivity index (χ0n) is 11.8. The largest absolute Gasteiger partial charge is 0.299 e. The lowest BCUT2D eigenvalue weighted by Gasteiger charge is -2.28. The molecule has 0 aromatic heterocycles. The van der Waals surface area contributed by atoms with Crippen LogP contribution in [0.25, 0.3) is 0 Å². The van der Waals surface area contributed by atoms with Gasteiger partial charge in [-0.1, -0.05) is 44.2 Å². The number of hydrogen-bond donors (Lipinski definition) is 0. The normalized spacial score (nSPS) is 23.9. The van der Waals surface area contributed by atoms with Crippen molar-refractivity contribution >= 4 is 11.6 Å². The third-order valence-corrected chi connectivity index (χ3v) is 4.02. The zero-order chi connectivity index (χ0) is 13.8. The molecule has 0 atom stereocenters. The van der Waals surface area contributed by atoms with E-state index in [1.807, 2.05) is 32.0 Å². The second-order valence-corrected chi connectivity index (χ2v) is 5.95. The summed E-state index contributed by atoms with van der Waals surface area (Å²) in [6.45, 7) is 3.93. The highest BCUT2D eigenvalue weighted by molar-refractivity contribution is 6.04. The van der Waals surface area contributed by atoms with Gasteiger partial charge in [0.25, 0.3) is 0 Å². The van der Waals surface area contributed by atoms with Crippen molar-refractivity contribution in [3.8, 4) is 0 Å². The second kappa shape index (κ2) is 6.14. The van der Waals surface area contributed by atoms with Crippen molar-refractivity contribution in [1.29, 1.82) is 0 Å². The molecule has 0 unspecified atom stereocenters. The average Bonchev–Trinajstić information content (AvgIpc) is 2.36. The van der Waals surface area contributed by atoms with Crippen LogP contribution in [0.4, 0.5) is 0 Å². The highest BCUT2D eigenvalue weighted by atomic mass is 16.2. The fraction of sp³-hybridized carbons (Fsp3) is 0.529. The molecule has 1 aromatic carbocycles. The molecule has 1 aromatic rings. The quantitative estimate of drug-likeness (QED) is 0.775. The molecule has 0 saturated heterocycles. The van der Waals surface area contributed by atoms with Crippen LogP contribution in [0.1, 0.15) is 38.7 Å². The molecule has 2 heteroatoms. The Morgan fingerprint density at radius 2 is 1.63 bits per heavy atom. The Morgan fingerprint density at radius 3 is 2.16 bits per heavy atom. The molecule has 1 fully saturated rings. The lowest BCUT2D eigenvalue weighted by molar-refractivity contribution is -0.139. The van der Waals surface area contributed by atoms with Crippen LogP contribution in [-0.4, -0.2) is 11.6 Å². The van der Waals surface area contributed by atoms with Gasteiger partial charge in [0.15, 0.2) is 0 Å². The maximum Gasteiger partial charge on any atom is 0.143 e. The summed E-state index contributed by atoms with van der Waals surface area (Å²) in [4.78, 5) is 24.1. The predicted molar refractivity (Wildman–Crippen MR) is 75.8 cm³/mol. The molecule has 1 aliphatic rings. The molecule has 19 heavy (non-hydrogen) atoms. The molecule has 1 aliphatic carbocycles. The van der Waals surface area contributed by atoms with Gasteiger partial charge in [-0.2, -0.15) is 0 Å². The number of rotatable bonds is 4. The highest BCUT2D eigenvalue weighted by Crippen LogP contribution is 2.30. The summed E-state index contributed by atoms with van der Waals surface area (Å²) in [5, 5.41) is 0. The Morgan fingerprint density at radius 1 is 1.05 bits per heavy atom. The van der Waals surface area contributed by atoms with Gasteiger partial charge in [0.05, 0.1) is 5.92 Å². The molecule has 102 valence electrons. The molecule has 2 nitrogen and oxygen atoms in total. The van der Waals surface area contributed by atoms with Gasteiger partial charge < -0.3 is 0 Å². The number of hydrogen-bond acceptors (Lipinski definition) is 2. The van der Waals surface area contributed by atoms with E-state index >= 15 is 0 Å². The van der Waals surface area contributed by atoms with Gasteiger partial charge in [0.2, 0.25) is 0 Å². The summed E-state index contributed by atoms with van der Waals surface area (Å²) in [7, 11) is 0. The molecule has 0 bridgehead atoms. The fourth-order valence-electron chi connectivity index (χ4n) is 3.04. The molecule has 1 saturated carbocycles. The Hall–Kier alpha value is -1.44. The van der Waals surface area contributed by atoms with Crippen LogP contribution < -0.4 is 0 Å². The Bertz CT molecular complexity index is 430. The van der Waals surface area contributed by atoms with Gasteiger partial charge >= 0.3 is 0 Å². The summed E-state index contributed by atoms with van der Waals surface area (Å²) < 4.78 is 0. The summed E-state index contributed by atoms with van der Waals surface area (Å²) >= 11 is 0. The number of benzene rings is 1. The van der Waals surface area contributed by atoms with Crippen LogP contribution in [0.3, 0.4) is 0 Å². The monoisotopic (exact) mass is 258 g/mol. The van der Waals surface area contributed by atoms with Crippen molar-refractivity contribution in [3.05, 3.63) is 35.9 Å². The number of carbonyl (C=O) groups is 2. The van der Waals surface area contributed by atoms with Crippen molar-refractivity contribution in [2.75, 3.05) is 0 Å². The average molecular weight is 258 g/mol. The van der Waals surface area contributed by atoms with Gasteiger partial charge in [-0.3, -0.25) is 9.59 Å². The van der Waals surface area contributed by atoms with Crippen molar-refractivity contribution in [2.24, 2.45) is 17.8 Å². The first-order valence-electron chi connectivity index (χ1n) is 7.17. The highest BCUT2D eigenvalue weighted by Gasteiger charge is 2.36. The first-order valence-corrected chi connectivity index (χ1v) is 7.17. The minimum atomic E-state index is -0.340. The van der Waals surface area contributed by atoms with E-state index in [-0.39, 0.29) is 29.3 Å². The minimum absolute atomic E-state index is 0.148. The van der Waals surface area contributed by atoms with E-state index < -0.39 is 0 Å². The molecule has 0 spiro atoms. The molecular formula is C17H22O2. The topological polar surface area (TPSA) is 34.1 Å². The van der Waals surface area contributed by atoms with Crippen molar-refractivity contribution in [1.82, 2.24) is 0 Å². The number of Topliss-reactive ketones (excluding diaryl/α,β-unsaturated/α-hetero) is 2. The van der Waals surface area contributed by atoms with E-state index in [9.17, 15) is 9.59 Å². The van der Waals surface area contributed by atoms with Crippen molar-refractivity contribution in [2.45, 2.75) is 39.5 Å². The molecular weight excluding hydrogens is 236 g/mol. The van der Waals surface area contributed by atoms with E-state index in [0.29, 0.717) is 12.8 Å². The SMILES string of the molecule is CC(C)C1C(=O)CC(CCc2ccccc2)CC1=O. The smallest absolute Gasteiger partial charge is 0.143 e. The van der Waals surface area contributed by atoms with Gasteiger partial charge in [-0.25, -0.2) is 0 Å². The van der Waals surface area contributed by atoms with Gasteiger partial charge in [0.1, 0.15) is 11.6 Å². The van der Waals surface area contributed by atoms with E-state index in [4.69, 9.17) is 0 Å². The molecule has 0 N–H and O–H groups in total. The molecule has 0 aliphatic heterocycles. The van der Waals surface area contributed by atoms with Crippen LogP contribution in [0, 0.1) is 17.8 Å². The van der Waals surface area contributed by atoms with Crippen molar-refractivity contribution in [3.63, 3.8) is 0 Å². The summed E-state index contributed by atoms with van der Waals surface area (Å²) in [5.74, 6) is 0.367. The summed E-state index contributed by atoms with van der Waals surface area (Å²) in [5.41, 5.74) is 1.29. The lowest BCUT2D eigenvalue weighted by Crippen LogP contribution is -2.36. The standard InChI is InChI=1S/C17H22O2/c1-12(2)17-15(18)10-14(11-16(17)19)9-8-13-6-4-3-5-7-13/h3-7,12,14,17H,8-11H2,1-2H3. The summed E-state index contributed by atoms with van der Waals surface area (Å²) in [6, 6.07) is 10.3. The number of carbonyl (C=O) groups excluding carboxylic acids is 2. The molecule has 0 amide bonds. The summed E-state index contributed by atoms with van der Waals surface area (Å²) in [6.07, 6.45) is 3.06. The first kappa shape index (κ1) is 14.0. The van der Waals surface area contributed by atoms with E-state index in [1.54, 1.807) is 0 Å². The lowest BCUT2D eigenvalue weighted by atomic mass is 9.73. The van der Waals surface area contributed by atoms with Crippen LogP contribution in [0.15, 0.2) is 30.3 Å². The number of ketones is 2.